The number of aromatic nitrogens is 2. The van der Waals surface area contributed by atoms with Gasteiger partial charge in [-0.3, -0.25) is 9.89 Å². The quantitative estimate of drug-likeness (QED) is 0.928. The highest BCUT2D eigenvalue weighted by Gasteiger charge is 2.31. The first-order valence-electron chi connectivity index (χ1n) is 6.82. The van der Waals surface area contributed by atoms with Crippen LogP contribution in [0.5, 0.6) is 0 Å². The van der Waals surface area contributed by atoms with Crippen molar-refractivity contribution in [3.8, 4) is 0 Å². The van der Waals surface area contributed by atoms with E-state index >= 15 is 0 Å². The second kappa shape index (κ2) is 5.87. The highest BCUT2D eigenvalue weighted by molar-refractivity contribution is 6.30. The van der Waals surface area contributed by atoms with E-state index < -0.39 is 0 Å². The molecule has 21 heavy (non-hydrogen) atoms. The Morgan fingerprint density at radius 1 is 1.48 bits per heavy atom. The van der Waals surface area contributed by atoms with Gasteiger partial charge in [0.2, 0.25) is 0 Å². The second-order valence-corrected chi connectivity index (χ2v) is 5.59. The number of amides is 1. The van der Waals surface area contributed by atoms with Gasteiger partial charge in [-0.05, 0) is 30.7 Å². The predicted octanol–water partition coefficient (Wildman–Crippen LogP) is 2.67. The molecule has 0 aliphatic carbocycles. The van der Waals surface area contributed by atoms with Gasteiger partial charge in [-0.25, -0.2) is 0 Å². The molecule has 1 aromatic heterocycles. The predicted molar refractivity (Wildman–Crippen MR) is 79.2 cm³/mol. The molecule has 1 aromatic carbocycles. The number of hydrogen-bond donors (Lipinski definition) is 1. The number of aromatic amines is 1. The van der Waals surface area contributed by atoms with E-state index in [4.69, 9.17) is 16.3 Å². The van der Waals surface area contributed by atoms with Crippen LogP contribution in [-0.4, -0.2) is 40.2 Å². The highest BCUT2D eigenvalue weighted by Crippen LogP contribution is 2.27. The van der Waals surface area contributed by atoms with Crippen LogP contribution in [0.2, 0.25) is 5.02 Å². The third-order valence-corrected chi connectivity index (χ3v) is 3.88. The van der Waals surface area contributed by atoms with Crippen LogP contribution in [-0.2, 0) is 4.74 Å². The summed E-state index contributed by atoms with van der Waals surface area (Å²) in [4.78, 5) is 14.3. The molecule has 6 heteroatoms. The van der Waals surface area contributed by atoms with E-state index in [0.29, 0.717) is 23.9 Å². The van der Waals surface area contributed by atoms with Crippen LogP contribution in [0.15, 0.2) is 36.5 Å². The molecule has 0 radical (unpaired) electrons. The van der Waals surface area contributed by atoms with Crippen molar-refractivity contribution in [3.05, 3.63) is 52.8 Å². The Hall–Kier alpha value is -1.85. The van der Waals surface area contributed by atoms with Crippen LogP contribution in [0.3, 0.4) is 0 Å². The van der Waals surface area contributed by atoms with Gasteiger partial charge in [0.1, 0.15) is 11.8 Å². The van der Waals surface area contributed by atoms with Crippen LogP contribution in [0.1, 0.15) is 29.1 Å². The van der Waals surface area contributed by atoms with Gasteiger partial charge in [-0.15, -0.1) is 0 Å². The van der Waals surface area contributed by atoms with Crippen molar-refractivity contribution in [1.82, 2.24) is 15.1 Å². The molecule has 1 fully saturated rings. The molecule has 5 nitrogen and oxygen atoms in total. The first kappa shape index (κ1) is 14.1. The molecule has 1 aliphatic rings. The van der Waals surface area contributed by atoms with Crippen LogP contribution in [0, 0.1) is 0 Å². The maximum absolute atomic E-state index is 12.5. The topological polar surface area (TPSA) is 58.2 Å². The number of halogens is 1. The summed E-state index contributed by atoms with van der Waals surface area (Å²) in [7, 11) is 0. The van der Waals surface area contributed by atoms with Gasteiger partial charge in [-0.1, -0.05) is 23.7 Å². The number of ether oxygens (including phenoxy) is 1. The molecule has 0 bridgehead atoms. The molecule has 1 saturated heterocycles. The Morgan fingerprint density at radius 3 is 3.05 bits per heavy atom. The zero-order valence-electron chi connectivity index (χ0n) is 11.6. The lowest BCUT2D eigenvalue weighted by molar-refractivity contribution is -0.0488. The molecular formula is C15H16ClN3O2. The van der Waals surface area contributed by atoms with Crippen LogP contribution < -0.4 is 0 Å². The molecular weight excluding hydrogens is 290 g/mol. The maximum atomic E-state index is 12.5. The van der Waals surface area contributed by atoms with E-state index in [9.17, 15) is 4.79 Å². The van der Waals surface area contributed by atoms with Crippen LogP contribution in [0.25, 0.3) is 0 Å². The van der Waals surface area contributed by atoms with Crippen molar-refractivity contribution in [2.45, 2.75) is 19.1 Å². The minimum Gasteiger partial charge on any atom is -0.370 e. The summed E-state index contributed by atoms with van der Waals surface area (Å²) >= 11 is 6.02. The Balaban J connectivity index is 1.80. The van der Waals surface area contributed by atoms with E-state index in [1.165, 1.54) is 0 Å². The first-order chi connectivity index (χ1) is 10.1. The number of H-pyrrole nitrogens is 1. The number of morpholine rings is 1. The smallest absolute Gasteiger partial charge is 0.272 e. The highest BCUT2D eigenvalue weighted by atomic mass is 35.5. The lowest BCUT2D eigenvalue weighted by Gasteiger charge is -2.38. The van der Waals surface area contributed by atoms with E-state index in [-0.39, 0.29) is 18.1 Å². The fraction of sp³-hybridized carbons (Fsp3) is 0.333. The van der Waals surface area contributed by atoms with Crippen LogP contribution in [0.4, 0.5) is 0 Å². The third-order valence-electron chi connectivity index (χ3n) is 3.65. The Bertz CT molecular complexity index is 630. The number of hydrogen-bond acceptors (Lipinski definition) is 3. The Kier molecular flexibility index (Phi) is 3.94. The van der Waals surface area contributed by atoms with E-state index in [2.05, 4.69) is 10.2 Å². The Morgan fingerprint density at radius 2 is 2.33 bits per heavy atom. The summed E-state index contributed by atoms with van der Waals surface area (Å²) in [6.07, 6.45) is 1.42. The number of carbonyl (C=O) groups excluding carboxylic acids is 1. The summed E-state index contributed by atoms with van der Waals surface area (Å²) < 4.78 is 5.85. The third kappa shape index (κ3) is 2.94. The number of carbonyl (C=O) groups is 1. The summed E-state index contributed by atoms with van der Waals surface area (Å²) in [5, 5.41) is 7.21. The molecule has 1 aliphatic heterocycles. The van der Waals surface area contributed by atoms with Gasteiger partial charge in [0.05, 0.1) is 19.2 Å². The lowest BCUT2D eigenvalue weighted by atomic mass is 10.1. The van der Waals surface area contributed by atoms with Gasteiger partial charge in [0, 0.05) is 11.2 Å². The van der Waals surface area contributed by atoms with Crippen molar-refractivity contribution < 1.29 is 9.53 Å². The van der Waals surface area contributed by atoms with E-state index in [0.717, 1.165) is 5.56 Å². The number of nitrogens with zero attached hydrogens (tertiary/aromatic N) is 2. The maximum Gasteiger partial charge on any atom is 0.272 e. The van der Waals surface area contributed by atoms with Gasteiger partial charge in [0.25, 0.3) is 5.91 Å². The summed E-state index contributed by atoms with van der Waals surface area (Å²) in [5.41, 5.74) is 1.48. The summed E-state index contributed by atoms with van der Waals surface area (Å²) in [6, 6.07) is 9.26. The minimum absolute atomic E-state index is 0.0243. The lowest BCUT2D eigenvalue weighted by Crippen LogP contribution is -2.48. The van der Waals surface area contributed by atoms with E-state index in [1.807, 2.05) is 36.1 Å². The normalized spacial score (nSPS) is 22.3. The summed E-state index contributed by atoms with van der Waals surface area (Å²) in [6.45, 7) is 2.97. The fourth-order valence-electron chi connectivity index (χ4n) is 2.48. The van der Waals surface area contributed by atoms with Crippen molar-refractivity contribution in [1.29, 1.82) is 0 Å². The van der Waals surface area contributed by atoms with E-state index in [1.54, 1.807) is 12.3 Å². The minimum atomic E-state index is -0.160. The number of nitrogens with one attached hydrogen (secondary N) is 1. The molecule has 1 amide bonds. The van der Waals surface area contributed by atoms with Gasteiger partial charge >= 0.3 is 0 Å². The monoisotopic (exact) mass is 305 g/mol. The van der Waals surface area contributed by atoms with Crippen molar-refractivity contribution >= 4 is 17.5 Å². The summed E-state index contributed by atoms with van der Waals surface area (Å²) in [5.74, 6) is -0.0599. The van der Waals surface area contributed by atoms with Gasteiger partial charge in [-0.2, -0.15) is 5.10 Å². The Labute approximate surface area is 127 Å². The molecule has 2 atom stereocenters. The largest absolute Gasteiger partial charge is 0.370 e. The van der Waals surface area contributed by atoms with Gasteiger partial charge in [0.15, 0.2) is 0 Å². The zero-order valence-corrected chi connectivity index (χ0v) is 12.4. The first-order valence-corrected chi connectivity index (χ1v) is 7.20. The van der Waals surface area contributed by atoms with Gasteiger partial charge < -0.3 is 9.64 Å². The average Bonchev–Trinajstić information content (AvgIpc) is 3.01. The molecule has 3 rings (SSSR count). The van der Waals surface area contributed by atoms with Crippen molar-refractivity contribution in [2.24, 2.45) is 0 Å². The molecule has 0 saturated carbocycles. The molecule has 0 unspecified atom stereocenters. The zero-order chi connectivity index (χ0) is 14.8. The molecule has 2 aromatic rings. The molecule has 2 heterocycles. The number of benzene rings is 1. The molecule has 1 N–H and O–H groups in total. The fourth-order valence-corrected chi connectivity index (χ4v) is 2.68. The van der Waals surface area contributed by atoms with Crippen molar-refractivity contribution in [3.63, 3.8) is 0 Å². The standard InChI is InChI=1S/C15H16ClN3O2/c1-10-9-21-14(11-3-2-4-12(16)7-11)8-19(10)15(20)13-5-6-17-18-13/h2-7,10,14H,8-9H2,1H3,(H,17,18)/t10-,14+/m0/s1. The number of rotatable bonds is 2. The molecule has 110 valence electrons. The van der Waals surface area contributed by atoms with Crippen molar-refractivity contribution in [2.75, 3.05) is 13.2 Å². The molecule has 0 spiro atoms. The SMILES string of the molecule is C[C@H]1CO[C@@H](c2cccc(Cl)c2)CN1C(=O)c1ccn[nH]1. The second-order valence-electron chi connectivity index (χ2n) is 5.15. The average molecular weight is 306 g/mol. The van der Waals surface area contributed by atoms with Crippen LogP contribution >= 0.6 is 11.6 Å².